The van der Waals surface area contributed by atoms with Crippen LogP contribution in [-0.2, 0) is 0 Å². The molecular weight excluding hydrogens is 221 g/mol. The Balaban J connectivity index is 2.70. The van der Waals surface area contributed by atoms with Gasteiger partial charge >= 0.3 is 5.69 Å². The molecule has 1 unspecified atom stereocenters. The maximum Gasteiger partial charge on any atom is 0.305 e. The number of halogens is 1. The molecule has 0 bridgehead atoms. The fraction of sp³-hybridized carbons (Fsp3) is 0.333. The van der Waals surface area contributed by atoms with Crippen molar-refractivity contribution in [3.8, 4) is 5.75 Å². The van der Waals surface area contributed by atoms with Gasteiger partial charge in [-0.3, -0.25) is 10.1 Å². The zero-order valence-corrected chi connectivity index (χ0v) is 8.17. The lowest BCUT2D eigenvalue weighted by molar-refractivity contribution is -0.387. The van der Waals surface area contributed by atoms with Gasteiger partial charge in [-0.15, -0.1) is 0 Å². The lowest BCUT2D eigenvalue weighted by Crippen LogP contribution is -2.21. The molecule has 0 amide bonds. The van der Waals surface area contributed by atoms with Crippen LogP contribution >= 0.6 is 0 Å². The van der Waals surface area contributed by atoms with Crippen molar-refractivity contribution >= 4 is 5.69 Å². The van der Waals surface area contributed by atoms with Gasteiger partial charge in [0.05, 0.1) is 11.5 Å². The lowest BCUT2D eigenvalue weighted by atomic mass is 10.3. The number of hydrogen-bond donors (Lipinski definition) is 2. The minimum absolute atomic E-state index is 0.0515. The number of ether oxygens (including phenoxy) is 1. The topological polar surface area (TPSA) is 92.8 Å². The minimum Gasteiger partial charge on any atom is -0.491 e. The zero-order chi connectivity index (χ0) is 12.1. The molecule has 0 aliphatic carbocycles. The van der Waals surface area contributed by atoms with Crippen LogP contribution in [0.1, 0.15) is 0 Å². The van der Waals surface area contributed by atoms with Crippen molar-refractivity contribution in [3.05, 3.63) is 34.1 Å². The van der Waals surface area contributed by atoms with Crippen molar-refractivity contribution in [1.29, 1.82) is 0 Å². The largest absolute Gasteiger partial charge is 0.491 e. The third kappa shape index (κ3) is 3.14. The highest BCUT2D eigenvalue weighted by molar-refractivity contribution is 5.37. The summed E-state index contributed by atoms with van der Waals surface area (Å²) in [5.41, 5.74) is -0.643. The second kappa shape index (κ2) is 5.38. The molecule has 0 saturated carbocycles. The molecule has 0 fully saturated rings. The van der Waals surface area contributed by atoms with E-state index < -0.39 is 29.1 Å². The fourth-order valence-electron chi connectivity index (χ4n) is 0.971. The monoisotopic (exact) mass is 231 g/mol. The van der Waals surface area contributed by atoms with Gasteiger partial charge in [0.15, 0.2) is 0 Å². The molecule has 1 aromatic carbocycles. The Bertz CT molecular complexity index is 384. The van der Waals surface area contributed by atoms with Crippen LogP contribution in [0.5, 0.6) is 5.75 Å². The highest BCUT2D eigenvalue weighted by atomic mass is 19.1. The van der Waals surface area contributed by atoms with E-state index >= 15 is 0 Å². The quantitative estimate of drug-likeness (QED) is 0.567. The van der Waals surface area contributed by atoms with Gasteiger partial charge in [-0.25, -0.2) is 0 Å². The predicted molar refractivity (Wildman–Crippen MR) is 51.6 cm³/mol. The summed E-state index contributed by atoms with van der Waals surface area (Å²) in [5, 5.41) is 27.7. The van der Waals surface area contributed by atoms with E-state index in [2.05, 4.69) is 0 Å². The molecule has 6 nitrogen and oxygen atoms in total. The van der Waals surface area contributed by atoms with E-state index in [1.165, 1.54) is 6.07 Å². The molecule has 7 heteroatoms. The summed E-state index contributed by atoms with van der Waals surface area (Å²) < 4.78 is 18.0. The van der Waals surface area contributed by atoms with Gasteiger partial charge < -0.3 is 14.9 Å². The van der Waals surface area contributed by atoms with E-state index in [4.69, 9.17) is 14.9 Å². The Kier molecular flexibility index (Phi) is 4.15. The Morgan fingerprint density at radius 3 is 2.75 bits per heavy atom. The lowest BCUT2D eigenvalue weighted by Gasteiger charge is -2.09. The first-order chi connectivity index (χ1) is 7.54. The molecule has 0 radical (unpaired) electrons. The van der Waals surface area contributed by atoms with E-state index in [1.54, 1.807) is 0 Å². The predicted octanol–water partition coefficient (Wildman–Crippen LogP) is 0.466. The second-order valence-electron chi connectivity index (χ2n) is 3.02. The van der Waals surface area contributed by atoms with E-state index in [1.807, 2.05) is 0 Å². The third-order valence-electron chi connectivity index (χ3n) is 1.77. The molecule has 16 heavy (non-hydrogen) atoms. The average molecular weight is 231 g/mol. The fourth-order valence-corrected chi connectivity index (χ4v) is 0.971. The smallest absolute Gasteiger partial charge is 0.305 e. The van der Waals surface area contributed by atoms with E-state index in [9.17, 15) is 14.5 Å². The molecular formula is C9H10FNO5. The number of aliphatic hydroxyl groups is 2. The van der Waals surface area contributed by atoms with Crippen LogP contribution < -0.4 is 4.74 Å². The third-order valence-corrected chi connectivity index (χ3v) is 1.77. The molecule has 0 aromatic heterocycles. The Morgan fingerprint density at radius 2 is 2.25 bits per heavy atom. The summed E-state index contributed by atoms with van der Waals surface area (Å²) in [5.74, 6) is -0.961. The highest BCUT2D eigenvalue weighted by Crippen LogP contribution is 2.22. The van der Waals surface area contributed by atoms with Gasteiger partial charge in [0.2, 0.25) is 5.82 Å². The number of benzene rings is 1. The maximum absolute atomic E-state index is 13.1. The normalized spacial score (nSPS) is 12.2. The first-order valence-corrected chi connectivity index (χ1v) is 4.40. The first-order valence-electron chi connectivity index (χ1n) is 4.40. The maximum atomic E-state index is 13.1. The summed E-state index contributed by atoms with van der Waals surface area (Å²) in [7, 11) is 0. The van der Waals surface area contributed by atoms with Gasteiger partial charge in [0, 0.05) is 12.1 Å². The van der Waals surface area contributed by atoms with E-state index in [0.29, 0.717) is 0 Å². The van der Waals surface area contributed by atoms with Gasteiger partial charge in [0.25, 0.3) is 0 Å². The first kappa shape index (κ1) is 12.3. The molecule has 1 aromatic rings. The summed E-state index contributed by atoms with van der Waals surface area (Å²) in [4.78, 5) is 9.45. The van der Waals surface area contributed by atoms with Gasteiger partial charge in [-0.05, 0) is 6.07 Å². The van der Waals surface area contributed by atoms with Crippen LogP contribution in [0.15, 0.2) is 18.2 Å². The van der Waals surface area contributed by atoms with Gasteiger partial charge in [-0.1, -0.05) is 0 Å². The molecule has 0 spiro atoms. The molecule has 1 rings (SSSR count). The van der Waals surface area contributed by atoms with Crippen LogP contribution in [0.3, 0.4) is 0 Å². The minimum atomic E-state index is -1.07. The van der Waals surface area contributed by atoms with Crippen LogP contribution in [-0.4, -0.2) is 34.5 Å². The van der Waals surface area contributed by atoms with Crippen molar-refractivity contribution in [3.63, 3.8) is 0 Å². The molecule has 1 atom stereocenters. The summed E-state index contributed by atoms with van der Waals surface area (Å²) in [6.07, 6.45) is -1.07. The molecule has 0 aliphatic rings. The van der Waals surface area contributed by atoms with Crippen LogP contribution in [0.4, 0.5) is 10.1 Å². The number of nitro benzene ring substituents is 1. The van der Waals surface area contributed by atoms with Crippen molar-refractivity contribution < 1.29 is 24.3 Å². The van der Waals surface area contributed by atoms with Crippen molar-refractivity contribution in [2.75, 3.05) is 13.2 Å². The van der Waals surface area contributed by atoms with Crippen LogP contribution in [0.2, 0.25) is 0 Å². The van der Waals surface area contributed by atoms with Crippen molar-refractivity contribution in [1.82, 2.24) is 0 Å². The molecule has 88 valence electrons. The van der Waals surface area contributed by atoms with E-state index in [0.717, 1.165) is 12.1 Å². The second-order valence-corrected chi connectivity index (χ2v) is 3.02. The van der Waals surface area contributed by atoms with Crippen molar-refractivity contribution in [2.24, 2.45) is 0 Å². The SMILES string of the molecule is O=[N+]([O-])c1ccc(OCC(O)CO)cc1F. The molecule has 0 saturated heterocycles. The Labute approximate surface area is 90.0 Å². The molecule has 0 aliphatic heterocycles. The average Bonchev–Trinajstić information content (AvgIpc) is 2.25. The van der Waals surface area contributed by atoms with E-state index in [-0.39, 0.29) is 12.4 Å². The van der Waals surface area contributed by atoms with Gasteiger partial charge in [0.1, 0.15) is 18.5 Å². The highest BCUT2D eigenvalue weighted by Gasteiger charge is 2.14. The number of nitrogens with zero attached hydrogens (tertiary/aromatic N) is 1. The number of rotatable bonds is 5. The summed E-state index contributed by atoms with van der Waals surface area (Å²) in [6, 6.07) is 3.03. The number of nitro groups is 1. The van der Waals surface area contributed by atoms with Crippen LogP contribution in [0.25, 0.3) is 0 Å². The standard InChI is InChI=1S/C9H10FNO5/c10-8-3-7(16-5-6(13)4-12)1-2-9(8)11(14)15/h1-3,6,12-13H,4-5H2. The summed E-state index contributed by atoms with van der Waals surface area (Å²) >= 11 is 0. The van der Waals surface area contributed by atoms with Crippen LogP contribution in [0, 0.1) is 15.9 Å². The summed E-state index contributed by atoms with van der Waals surface area (Å²) in [6.45, 7) is -0.691. The number of hydrogen-bond acceptors (Lipinski definition) is 5. The Hall–Kier alpha value is -1.73. The molecule has 0 heterocycles. The zero-order valence-electron chi connectivity index (χ0n) is 8.17. The molecule has 2 N–H and O–H groups in total. The van der Waals surface area contributed by atoms with Gasteiger partial charge in [-0.2, -0.15) is 4.39 Å². The Morgan fingerprint density at radius 1 is 1.56 bits per heavy atom. The van der Waals surface area contributed by atoms with Crippen molar-refractivity contribution in [2.45, 2.75) is 6.10 Å². The number of aliphatic hydroxyl groups excluding tert-OH is 2.